The van der Waals surface area contributed by atoms with Crippen LogP contribution in [0.4, 0.5) is 17.6 Å². The molecule has 2 aliphatic heterocycles. The van der Waals surface area contributed by atoms with E-state index < -0.39 is 47.0 Å². The van der Waals surface area contributed by atoms with E-state index in [-0.39, 0.29) is 28.5 Å². The fourth-order valence-electron chi connectivity index (χ4n) is 4.05. The van der Waals surface area contributed by atoms with Crippen molar-refractivity contribution in [2.24, 2.45) is 11.8 Å². The molecule has 0 spiro atoms. The third-order valence-corrected chi connectivity index (χ3v) is 8.10. The minimum atomic E-state index is -4.88. The molecule has 1 aromatic rings. The molecule has 1 aromatic carbocycles. The van der Waals surface area contributed by atoms with E-state index in [4.69, 9.17) is 16.3 Å². The van der Waals surface area contributed by atoms with E-state index in [2.05, 4.69) is 5.32 Å². The smallest absolute Gasteiger partial charge is 0.376 e. The molecule has 0 radical (unpaired) electrons. The number of amides is 2. The molecule has 1 fully saturated rings. The summed E-state index contributed by atoms with van der Waals surface area (Å²) < 4.78 is 59.6. The Morgan fingerprint density at radius 2 is 2.00 bits per heavy atom. The van der Waals surface area contributed by atoms with Crippen LogP contribution in [0.25, 0.3) is 0 Å². The molecule has 36 heavy (non-hydrogen) atoms. The second-order valence-corrected chi connectivity index (χ2v) is 10.7. The number of alkyl halides is 3. The van der Waals surface area contributed by atoms with Gasteiger partial charge in [-0.25, -0.2) is 4.39 Å². The zero-order valence-electron chi connectivity index (χ0n) is 20.0. The van der Waals surface area contributed by atoms with E-state index in [1.165, 1.54) is 6.07 Å². The molecule has 2 aliphatic rings. The zero-order valence-corrected chi connectivity index (χ0v) is 21.5. The maximum atomic E-state index is 14.7. The molecular weight excluding hydrogens is 524 g/mol. The van der Waals surface area contributed by atoms with E-state index in [9.17, 15) is 31.9 Å². The van der Waals surface area contributed by atoms with Crippen molar-refractivity contribution in [3.8, 4) is 0 Å². The lowest BCUT2D eigenvalue weighted by atomic mass is 9.90. The van der Waals surface area contributed by atoms with Crippen LogP contribution < -0.4 is 5.32 Å². The first-order valence-electron chi connectivity index (χ1n) is 11.4. The summed E-state index contributed by atoms with van der Waals surface area (Å²) in [6.45, 7) is 4.73. The van der Waals surface area contributed by atoms with Gasteiger partial charge >= 0.3 is 6.18 Å². The van der Waals surface area contributed by atoms with Crippen LogP contribution >= 0.6 is 23.4 Å². The second-order valence-electron chi connectivity index (χ2n) is 9.12. The standard InChI is InChI=1S/C24H27ClF4N2O4S/c1-12(2)21(22(33)30-11-14-5-4-6-35-14)36-19-8-13(17(26)9-16(19)25)7-15-18(32)10-20(24(27,28)29)31(3)23(15)34/h8-10,12,14-15,21H,4-7,11H2,1-3H3,(H,30,33). The molecule has 3 rings (SSSR count). The van der Waals surface area contributed by atoms with Crippen LogP contribution in [0, 0.1) is 17.7 Å². The average molecular weight is 551 g/mol. The van der Waals surface area contributed by atoms with Gasteiger partial charge in [-0.1, -0.05) is 25.4 Å². The molecule has 0 aromatic heterocycles. The van der Waals surface area contributed by atoms with Crippen molar-refractivity contribution in [2.45, 2.75) is 55.5 Å². The predicted molar refractivity (Wildman–Crippen MR) is 127 cm³/mol. The highest BCUT2D eigenvalue weighted by atomic mass is 35.5. The van der Waals surface area contributed by atoms with Crippen LogP contribution in [-0.2, 0) is 25.5 Å². The Kier molecular flexibility index (Phi) is 9.11. The van der Waals surface area contributed by atoms with E-state index in [0.29, 0.717) is 29.0 Å². The number of hydrogen-bond acceptors (Lipinski definition) is 5. The fraction of sp³-hybridized carbons (Fsp3) is 0.542. The van der Waals surface area contributed by atoms with Crippen molar-refractivity contribution in [1.82, 2.24) is 10.2 Å². The first-order valence-corrected chi connectivity index (χ1v) is 12.7. The number of nitrogens with one attached hydrogen (secondary N) is 1. The monoisotopic (exact) mass is 550 g/mol. The summed E-state index contributed by atoms with van der Waals surface area (Å²) in [6.07, 6.45) is -3.20. The number of allylic oxidation sites excluding steroid dienone is 2. The Morgan fingerprint density at radius 1 is 1.31 bits per heavy atom. The normalized spacial score (nSPS) is 21.7. The number of carbonyl (C=O) groups is 3. The minimum Gasteiger partial charge on any atom is -0.376 e. The highest BCUT2D eigenvalue weighted by Crippen LogP contribution is 2.37. The summed E-state index contributed by atoms with van der Waals surface area (Å²) in [5.41, 5.74) is -1.43. The quantitative estimate of drug-likeness (QED) is 0.292. The van der Waals surface area contributed by atoms with Gasteiger partial charge in [-0.05, 0) is 42.9 Å². The van der Waals surface area contributed by atoms with Gasteiger partial charge in [-0.2, -0.15) is 13.2 Å². The largest absolute Gasteiger partial charge is 0.431 e. The number of thioether (sulfide) groups is 1. The molecule has 3 unspecified atom stereocenters. The Bertz CT molecular complexity index is 1060. The molecule has 2 heterocycles. The van der Waals surface area contributed by atoms with Crippen LogP contribution in [0.15, 0.2) is 28.8 Å². The zero-order chi connectivity index (χ0) is 26.8. The number of ketones is 1. The third-order valence-electron chi connectivity index (χ3n) is 6.07. The molecule has 198 valence electrons. The summed E-state index contributed by atoms with van der Waals surface area (Å²) in [5.74, 6) is -4.80. The summed E-state index contributed by atoms with van der Waals surface area (Å²) >= 11 is 7.35. The summed E-state index contributed by atoms with van der Waals surface area (Å²) in [4.78, 5) is 38.5. The second kappa shape index (κ2) is 11.5. The molecule has 0 saturated carbocycles. The average Bonchev–Trinajstić information content (AvgIpc) is 3.30. The Hall–Kier alpha value is -2.11. The lowest BCUT2D eigenvalue weighted by molar-refractivity contribution is -0.150. The Balaban J connectivity index is 1.79. The summed E-state index contributed by atoms with van der Waals surface area (Å²) in [7, 11) is 0.920. The minimum absolute atomic E-state index is 0.0384. The number of ether oxygens (including phenoxy) is 1. The van der Waals surface area contributed by atoms with Gasteiger partial charge in [0.25, 0.3) is 0 Å². The molecule has 6 nitrogen and oxygen atoms in total. The van der Waals surface area contributed by atoms with Crippen molar-refractivity contribution in [2.75, 3.05) is 20.2 Å². The highest BCUT2D eigenvalue weighted by Gasteiger charge is 2.45. The first kappa shape index (κ1) is 28.5. The van der Waals surface area contributed by atoms with Crippen LogP contribution in [0.5, 0.6) is 0 Å². The van der Waals surface area contributed by atoms with Crippen molar-refractivity contribution >= 4 is 41.0 Å². The number of hydrogen-bond donors (Lipinski definition) is 1. The van der Waals surface area contributed by atoms with Gasteiger partial charge < -0.3 is 15.0 Å². The first-order chi connectivity index (χ1) is 16.8. The van der Waals surface area contributed by atoms with Crippen molar-refractivity contribution in [3.63, 3.8) is 0 Å². The topological polar surface area (TPSA) is 75.7 Å². The van der Waals surface area contributed by atoms with E-state index in [1.807, 2.05) is 13.8 Å². The van der Waals surface area contributed by atoms with E-state index in [1.54, 1.807) is 0 Å². The Morgan fingerprint density at radius 3 is 2.58 bits per heavy atom. The van der Waals surface area contributed by atoms with Crippen molar-refractivity contribution in [3.05, 3.63) is 40.3 Å². The van der Waals surface area contributed by atoms with Gasteiger partial charge in [0.2, 0.25) is 11.8 Å². The van der Waals surface area contributed by atoms with Crippen molar-refractivity contribution in [1.29, 1.82) is 0 Å². The van der Waals surface area contributed by atoms with Crippen molar-refractivity contribution < 1.29 is 36.7 Å². The number of rotatable bonds is 8. The molecular formula is C24H27ClF4N2O4S. The van der Waals surface area contributed by atoms with Gasteiger partial charge in [0.1, 0.15) is 17.4 Å². The van der Waals surface area contributed by atoms with Crippen LogP contribution in [0.2, 0.25) is 5.02 Å². The maximum Gasteiger partial charge on any atom is 0.431 e. The lowest BCUT2D eigenvalue weighted by Gasteiger charge is -2.30. The highest BCUT2D eigenvalue weighted by molar-refractivity contribution is 8.00. The van der Waals surface area contributed by atoms with Crippen LogP contribution in [0.3, 0.4) is 0 Å². The molecule has 0 aliphatic carbocycles. The number of benzene rings is 1. The van der Waals surface area contributed by atoms with Gasteiger partial charge in [0, 0.05) is 31.2 Å². The summed E-state index contributed by atoms with van der Waals surface area (Å²) in [6, 6.07) is 2.36. The van der Waals surface area contributed by atoms with Gasteiger partial charge in [-0.15, -0.1) is 11.8 Å². The molecule has 12 heteroatoms. The molecule has 1 saturated heterocycles. The number of halogens is 5. The number of nitrogens with zero attached hydrogens (tertiary/aromatic N) is 1. The molecule has 3 atom stereocenters. The molecule has 2 amide bonds. The van der Waals surface area contributed by atoms with Gasteiger partial charge in [0.05, 0.1) is 16.4 Å². The third kappa shape index (κ3) is 6.60. The van der Waals surface area contributed by atoms with E-state index >= 15 is 0 Å². The molecule has 0 bridgehead atoms. The maximum absolute atomic E-state index is 14.7. The fourth-order valence-corrected chi connectivity index (χ4v) is 5.46. The predicted octanol–water partition coefficient (Wildman–Crippen LogP) is 4.54. The SMILES string of the molecule is CC(C)C(Sc1cc(CC2C(=O)C=C(C(F)(F)F)N(C)C2=O)c(F)cc1Cl)C(=O)NCC1CCCO1. The lowest BCUT2D eigenvalue weighted by Crippen LogP contribution is -2.45. The number of carbonyl (C=O) groups excluding carboxylic acids is 3. The Labute approximate surface area is 215 Å². The molecule has 1 N–H and O–H groups in total. The van der Waals surface area contributed by atoms with Gasteiger partial charge in [0.15, 0.2) is 5.78 Å². The summed E-state index contributed by atoms with van der Waals surface area (Å²) in [5, 5.41) is 2.33. The van der Waals surface area contributed by atoms with Crippen LogP contribution in [-0.4, -0.2) is 60.2 Å². The van der Waals surface area contributed by atoms with Gasteiger partial charge in [-0.3, -0.25) is 14.4 Å². The van der Waals surface area contributed by atoms with E-state index in [0.717, 1.165) is 37.7 Å². The van der Waals surface area contributed by atoms with Crippen LogP contribution in [0.1, 0.15) is 32.3 Å².